The number of nitrogens with one attached hydrogen (secondary N) is 2. The second-order valence-electron chi connectivity index (χ2n) is 4.58. The molecule has 0 aliphatic carbocycles. The van der Waals surface area contributed by atoms with E-state index < -0.39 is 0 Å². The Hall–Kier alpha value is -0.770. The van der Waals surface area contributed by atoms with Gasteiger partial charge in [-0.3, -0.25) is 4.79 Å². The molecule has 0 spiro atoms. The zero-order valence-corrected chi connectivity index (χ0v) is 11.5. The molecular formula is C13H16Cl2N2O. The largest absolute Gasteiger partial charge is 0.352 e. The number of carbonyl (C=O) groups is 1. The molecule has 1 aliphatic heterocycles. The summed E-state index contributed by atoms with van der Waals surface area (Å²) in [5.74, 6) is 0.391. The molecule has 0 saturated carbocycles. The van der Waals surface area contributed by atoms with Crippen molar-refractivity contribution in [3.8, 4) is 0 Å². The molecule has 1 aromatic carbocycles. The van der Waals surface area contributed by atoms with Crippen LogP contribution in [0, 0.1) is 5.92 Å². The van der Waals surface area contributed by atoms with Crippen LogP contribution in [0.4, 0.5) is 0 Å². The van der Waals surface area contributed by atoms with Gasteiger partial charge >= 0.3 is 0 Å². The molecule has 1 aromatic rings. The first-order valence-electron chi connectivity index (χ1n) is 6.10. The van der Waals surface area contributed by atoms with Gasteiger partial charge in [-0.05, 0) is 50.0 Å². The summed E-state index contributed by atoms with van der Waals surface area (Å²) in [5, 5.41) is 7.21. The molecule has 2 N–H and O–H groups in total. The average Bonchev–Trinajstić information content (AvgIpc) is 2.36. The summed E-state index contributed by atoms with van der Waals surface area (Å²) in [4.78, 5) is 11.9. The summed E-state index contributed by atoms with van der Waals surface area (Å²) in [6, 6.07) is 4.87. The third-order valence-electron chi connectivity index (χ3n) is 3.07. The highest BCUT2D eigenvalue weighted by Crippen LogP contribution is 2.19. The van der Waals surface area contributed by atoms with E-state index in [0.717, 1.165) is 19.5 Å². The van der Waals surface area contributed by atoms with Crippen molar-refractivity contribution in [2.75, 3.05) is 19.6 Å². The zero-order chi connectivity index (χ0) is 13.0. The Morgan fingerprint density at radius 2 is 2.06 bits per heavy atom. The highest BCUT2D eigenvalue weighted by atomic mass is 35.5. The molecule has 1 amide bonds. The van der Waals surface area contributed by atoms with Crippen molar-refractivity contribution in [1.29, 1.82) is 0 Å². The van der Waals surface area contributed by atoms with Crippen LogP contribution in [0.15, 0.2) is 18.2 Å². The van der Waals surface area contributed by atoms with Gasteiger partial charge in [-0.25, -0.2) is 0 Å². The lowest BCUT2D eigenvalue weighted by molar-refractivity contribution is 0.0945. The van der Waals surface area contributed by atoms with E-state index in [9.17, 15) is 4.79 Å². The zero-order valence-electron chi connectivity index (χ0n) is 10.0. The Labute approximate surface area is 117 Å². The van der Waals surface area contributed by atoms with Crippen LogP contribution in [-0.4, -0.2) is 25.5 Å². The molecule has 0 aromatic heterocycles. The molecule has 1 fully saturated rings. The normalized spacial score (nSPS) is 19.6. The summed E-state index contributed by atoms with van der Waals surface area (Å²) < 4.78 is 0. The number of halogens is 2. The summed E-state index contributed by atoms with van der Waals surface area (Å²) in [6.45, 7) is 2.74. The van der Waals surface area contributed by atoms with Crippen molar-refractivity contribution in [2.45, 2.75) is 12.8 Å². The molecular weight excluding hydrogens is 271 g/mol. The standard InChI is InChI=1S/C13H16Cl2N2O/c14-11-4-10(5-12(15)6-11)13(18)17-8-9-2-1-3-16-7-9/h4-6,9,16H,1-3,7-8H2,(H,17,18). The topological polar surface area (TPSA) is 41.1 Å². The van der Waals surface area contributed by atoms with Gasteiger partial charge in [0.15, 0.2) is 0 Å². The van der Waals surface area contributed by atoms with Crippen molar-refractivity contribution in [2.24, 2.45) is 5.92 Å². The van der Waals surface area contributed by atoms with E-state index in [-0.39, 0.29) is 5.91 Å². The maximum Gasteiger partial charge on any atom is 0.251 e. The molecule has 1 saturated heterocycles. The number of amides is 1. The van der Waals surface area contributed by atoms with Crippen LogP contribution < -0.4 is 10.6 Å². The van der Waals surface area contributed by atoms with Gasteiger partial charge in [-0.1, -0.05) is 23.2 Å². The molecule has 0 bridgehead atoms. The number of carbonyl (C=O) groups excluding carboxylic acids is 1. The highest BCUT2D eigenvalue weighted by molar-refractivity contribution is 6.35. The monoisotopic (exact) mass is 286 g/mol. The first-order valence-corrected chi connectivity index (χ1v) is 6.86. The third-order valence-corrected chi connectivity index (χ3v) is 3.51. The van der Waals surface area contributed by atoms with Crippen LogP contribution in [0.25, 0.3) is 0 Å². The molecule has 1 heterocycles. The fraction of sp³-hybridized carbons (Fsp3) is 0.462. The molecule has 5 heteroatoms. The number of hydrogen-bond donors (Lipinski definition) is 2. The molecule has 1 aliphatic rings. The summed E-state index contributed by atoms with van der Waals surface area (Å²) in [5.41, 5.74) is 0.510. The quantitative estimate of drug-likeness (QED) is 0.897. The van der Waals surface area contributed by atoms with Crippen LogP contribution in [0.1, 0.15) is 23.2 Å². The van der Waals surface area contributed by atoms with E-state index in [1.807, 2.05) is 0 Å². The van der Waals surface area contributed by atoms with Crippen LogP contribution in [-0.2, 0) is 0 Å². The number of rotatable bonds is 3. The van der Waals surface area contributed by atoms with Gasteiger partial charge < -0.3 is 10.6 Å². The minimum atomic E-state index is -0.120. The predicted molar refractivity (Wildman–Crippen MR) is 74.4 cm³/mol. The molecule has 98 valence electrons. The minimum absolute atomic E-state index is 0.120. The smallest absolute Gasteiger partial charge is 0.251 e. The lowest BCUT2D eigenvalue weighted by Crippen LogP contribution is -2.38. The van der Waals surface area contributed by atoms with Crippen LogP contribution >= 0.6 is 23.2 Å². The van der Waals surface area contributed by atoms with Crippen LogP contribution in [0.2, 0.25) is 10.0 Å². The number of hydrogen-bond acceptors (Lipinski definition) is 2. The Morgan fingerprint density at radius 1 is 1.33 bits per heavy atom. The maximum absolute atomic E-state index is 11.9. The SMILES string of the molecule is O=C(NCC1CCCNC1)c1cc(Cl)cc(Cl)c1. The van der Waals surface area contributed by atoms with Crippen molar-refractivity contribution in [3.05, 3.63) is 33.8 Å². The first-order chi connectivity index (χ1) is 8.65. The molecule has 0 radical (unpaired) electrons. The van der Waals surface area contributed by atoms with E-state index in [1.165, 1.54) is 6.42 Å². The van der Waals surface area contributed by atoms with Gasteiger partial charge in [-0.2, -0.15) is 0 Å². The van der Waals surface area contributed by atoms with Gasteiger partial charge in [0.25, 0.3) is 5.91 Å². The Morgan fingerprint density at radius 3 is 2.67 bits per heavy atom. The van der Waals surface area contributed by atoms with Crippen molar-refractivity contribution < 1.29 is 4.79 Å². The second-order valence-corrected chi connectivity index (χ2v) is 5.45. The first kappa shape index (κ1) is 13.7. The van der Waals surface area contributed by atoms with Crippen LogP contribution in [0.3, 0.4) is 0 Å². The van der Waals surface area contributed by atoms with Crippen molar-refractivity contribution in [3.63, 3.8) is 0 Å². The molecule has 1 unspecified atom stereocenters. The number of piperidine rings is 1. The van der Waals surface area contributed by atoms with E-state index in [1.54, 1.807) is 18.2 Å². The fourth-order valence-corrected chi connectivity index (χ4v) is 2.65. The van der Waals surface area contributed by atoms with Gasteiger partial charge in [0.05, 0.1) is 0 Å². The second kappa shape index (κ2) is 6.41. The van der Waals surface area contributed by atoms with Crippen molar-refractivity contribution >= 4 is 29.1 Å². The highest BCUT2D eigenvalue weighted by Gasteiger charge is 2.14. The van der Waals surface area contributed by atoms with E-state index in [0.29, 0.717) is 28.1 Å². The Bertz CT molecular complexity index is 411. The molecule has 1 atom stereocenters. The molecule has 2 rings (SSSR count). The van der Waals surface area contributed by atoms with Crippen LogP contribution in [0.5, 0.6) is 0 Å². The van der Waals surface area contributed by atoms with Crippen molar-refractivity contribution in [1.82, 2.24) is 10.6 Å². The Balaban J connectivity index is 1.90. The number of benzene rings is 1. The fourth-order valence-electron chi connectivity index (χ4n) is 2.12. The summed E-state index contributed by atoms with van der Waals surface area (Å²) in [6.07, 6.45) is 2.33. The molecule has 3 nitrogen and oxygen atoms in total. The Kier molecular flexibility index (Phi) is 4.87. The van der Waals surface area contributed by atoms with Gasteiger partial charge in [-0.15, -0.1) is 0 Å². The average molecular weight is 287 g/mol. The van der Waals surface area contributed by atoms with Gasteiger partial charge in [0.2, 0.25) is 0 Å². The minimum Gasteiger partial charge on any atom is -0.352 e. The summed E-state index contributed by atoms with van der Waals surface area (Å²) >= 11 is 11.7. The summed E-state index contributed by atoms with van der Waals surface area (Å²) in [7, 11) is 0. The predicted octanol–water partition coefficient (Wildman–Crippen LogP) is 2.72. The molecule has 18 heavy (non-hydrogen) atoms. The lowest BCUT2D eigenvalue weighted by atomic mass is 10.00. The lowest BCUT2D eigenvalue weighted by Gasteiger charge is -2.22. The van der Waals surface area contributed by atoms with Gasteiger partial charge in [0.1, 0.15) is 0 Å². The maximum atomic E-state index is 11.9. The van der Waals surface area contributed by atoms with E-state index in [2.05, 4.69) is 10.6 Å². The van der Waals surface area contributed by atoms with E-state index in [4.69, 9.17) is 23.2 Å². The van der Waals surface area contributed by atoms with E-state index >= 15 is 0 Å². The third kappa shape index (κ3) is 3.87. The van der Waals surface area contributed by atoms with Gasteiger partial charge in [0, 0.05) is 22.2 Å².